The molecule has 6 heterocycles. The molecule has 0 radical (unpaired) electrons. The van der Waals surface area contributed by atoms with Crippen molar-refractivity contribution in [1.82, 2.24) is 38.8 Å². The zero-order valence-electron chi connectivity index (χ0n) is 23.8. The number of urea groups is 1. The molecule has 0 unspecified atom stereocenters. The zero-order valence-corrected chi connectivity index (χ0v) is 23.8. The minimum Gasteiger partial charge on any atom is -0.404 e. The summed E-state index contributed by atoms with van der Waals surface area (Å²) in [5, 5.41) is 2.74. The Kier molecular flexibility index (Phi) is 5.66. The number of fused-ring (bicyclic) bond motifs is 2. The van der Waals surface area contributed by atoms with Crippen LogP contribution in [0.5, 0.6) is 0 Å². The van der Waals surface area contributed by atoms with Gasteiger partial charge in [0.15, 0.2) is 16.9 Å². The summed E-state index contributed by atoms with van der Waals surface area (Å²) < 4.78 is 8.52. The van der Waals surface area contributed by atoms with Crippen molar-refractivity contribution in [1.29, 1.82) is 0 Å². The highest BCUT2D eigenvalue weighted by molar-refractivity contribution is 6.13. The predicted molar refractivity (Wildman–Crippen MR) is 154 cm³/mol. The van der Waals surface area contributed by atoms with E-state index in [-0.39, 0.29) is 53.9 Å². The van der Waals surface area contributed by atoms with E-state index in [0.717, 1.165) is 29.0 Å². The van der Waals surface area contributed by atoms with Gasteiger partial charge in [-0.05, 0) is 49.8 Å². The number of rotatable bonds is 7. The van der Waals surface area contributed by atoms with Gasteiger partial charge >= 0.3 is 11.8 Å². The number of nitrogens with zero attached hydrogens (tertiary/aromatic N) is 9. The normalized spacial score (nSPS) is 19.9. The number of amides is 4. The number of imidazole rings is 1. The first-order valence-corrected chi connectivity index (χ1v) is 14.3. The molecule has 1 aliphatic heterocycles. The van der Waals surface area contributed by atoms with Crippen LogP contribution in [0.2, 0.25) is 0 Å². The Morgan fingerprint density at radius 1 is 1.09 bits per heavy atom. The molecule has 8 rings (SSSR count). The van der Waals surface area contributed by atoms with E-state index in [0.29, 0.717) is 35.2 Å². The molecule has 1 saturated heterocycles. The number of carbonyl (C=O) groups excluding carboxylic acids is 3. The molecule has 2 aliphatic carbocycles. The van der Waals surface area contributed by atoms with Gasteiger partial charge in [0.1, 0.15) is 12.4 Å². The van der Waals surface area contributed by atoms with Crippen LogP contribution in [0.25, 0.3) is 16.9 Å². The highest BCUT2D eigenvalue weighted by Gasteiger charge is 2.46. The molecule has 15 heteroatoms. The second kappa shape index (κ2) is 9.52. The van der Waals surface area contributed by atoms with Crippen molar-refractivity contribution >= 4 is 46.4 Å². The van der Waals surface area contributed by atoms with E-state index in [9.17, 15) is 19.2 Å². The zero-order chi connectivity index (χ0) is 30.3. The van der Waals surface area contributed by atoms with Crippen LogP contribution in [0.3, 0.4) is 0 Å². The van der Waals surface area contributed by atoms with Crippen LogP contribution in [-0.4, -0.2) is 70.2 Å². The summed E-state index contributed by atoms with van der Waals surface area (Å²) in [5.41, 5.74) is 3.79. The average Bonchev–Trinajstić information content (AvgIpc) is 3.92. The third-order valence-electron chi connectivity index (χ3n) is 8.36. The van der Waals surface area contributed by atoms with Crippen molar-refractivity contribution in [2.45, 2.75) is 44.6 Å². The van der Waals surface area contributed by atoms with Crippen LogP contribution in [0.1, 0.15) is 53.9 Å². The first-order chi connectivity index (χ1) is 21.2. The molecular weight excluding hydrogens is 568 g/mol. The Morgan fingerprint density at radius 3 is 2.68 bits per heavy atom. The quantitative estimate of drug-likeness (QED) is 0.275. The molecule has 0 aromatic carbocycles. The molecule has 2 atom stereocenters. The van der Waals surface area contributed by atoms with Crippen LogP contribution >= 0.6 is 0 Å². The predicted octanol–water partition coefficient (Wildman–Crippen LogP) is 2.20. The number of likely N-dealkylation sites (N-methyl/N-ethyl adjacent to an activating group) is 1. The van der Waals surface area contributed by atoms with E-state index in [1.54, 1.807) is 18.5 Å². The minimum absolute atomic E-state index is 0.0122. The molecule has 1 N–H and O–H groups in total. The van der Waals surface area contributed by atoms with Crippen molar-refractivity contribution in [2.24, 2.45) is 5.92 Å². The number of anilines is 2. The number of aryl methyl sites for hydroxylation is 1. The Labute approximate surface area is 248 Å². The van der Waals surface area contributed by atoms with Crippen LogP contribution in [-0.2, 0) is 16.1 Å². The van der Waals surface area contributed by atoms with Crippen molar-refractivity contribution in [3.05, 3.63) is 70.2 Å². The van der Waals surface area contributed by atoms with E-state index < -0.39 is 11.8 Å². The Hall–Kier alpha value is -5.47. The molecule has 0 spiro atoms. The summed E-state index contributed by atoms with van der Waals surface area (Å²) in [6.45, 7) is 1.82. The highest BCUT2D eigenvalue weighted by atomic mass is 16.4. The van der Waals surface area contributed by atoms with Crippen molar-refractivity contribution < 1.29 is 18.8 Å². The summed E-state index contributed by atoms with van der Waals surface area (Å²) in [7, 11) is 1.46. The third kappa shape index (κ3) is 4.39. The molecule has 44 heavy (non-hydrogen) atoms. The summed E-state index contributed by atoms with van der Waals surface area (Å²) in [4.78, 5) is 75.5. The fourth-order valence-electron chi connectivity index (χ4n) is 5.70. The summed E-state index contributed by atoms with van der Waals surface area (Å²) in [6, 6.07) is 3.31. The number of pyridine rings is 1. The molecular formula is C29H26N10O5. The van der Waals surface area contributed by atoms with Gasteiger partial charge in [-0.1, -0.05) is 0 Å². The molecule has 222 valence electrons. The van der Waals surface area contributed by atoms with Gasteiger partial charge in [-0.3, -0.25) is 29.3 Å². The van der Waals surface area contributed by atoms with Crippen molar-refractivity contribution in [2.75, 3.05) is 23.8 Å². The lowest BCUT2D eigenvalue weighted by Gasteiger charge is -2.17. The Bertz CT molecular complexity index is 2090. The third-order valence-corrected chi connectivity index (χ3v) is 8.36. The van der Waals surface area contributed by atoms with E-state index >= 15 is 0 Å². The minimum atomic E-state index is -0.658. The summed E-state index contributed by atoms with van der Waals surface area (Å²) >= 11 is 0. The topological polar surface area (TPSA) is 174 Å². The van der Waals surface area contributed by atoms with Crippen LogP contribution in [0.4, 0.5) is 16.4 Å². The Balaban J connectivity index is 1.08. The molecule has 15 nitrogen and oxygen atoms in total. The first kappa shape index (κ1) is 26.2. The van der Waals surface area contributed by atoms with Gasteiger partial charge in [0.05, 0.1) is 24.1 Å². The average molecular weight is 595 g/mol. The number of hydrogen-bond acceptors (Lipinski definition) is 10. The van der Waals surface area contributed by atoms with E-state index in [1.165, 1.54) is 22.7 Å². The fraction of sp³-hybridized carbons (Fsp3) is 0.345. The molecule has 0 bridgehead atoms. The van der Waals surface area contributed by atoms with Gasteiger partial charge in [0, 0.05) is 43.2 Å². The number of imide groups is 1. The number of oxazole rings is 1. The summed E-state index contributed by atoms with van der Waals surface area (Å²) in [5.74, 6) is -0.509. The molecule has 3 aliphatic rings. The maximum Gasteiger partial charge on any atom is 0.421 e. The molecule has 5 aromatic rings. The van der Waals surface area contributed by atoms with Crippen molar-refractivity contribution in [3.63, 3.8) is 0 Å². The van der Waals surface area contributed by atoms with E-state index in [4.69, 9.17) is 9.40 Å². The monoisotopic (exact) mass is 594 g/mol. The summed E-state index contributed by atoms with van der Waals surface area (Å²) in [6.07, 6.45) is 9.51. The number of hydrogen-bond donors (Lipinski definition) is 1. The number of nitrogens with one attached hydrogen (secondary N) is 1. The van der Waals surface area contributed by atoms with Gasteiger partial charge in [-0.25, -0.2) is 29.5 Å². The second-order valence-electron chi connectivity index (χ2n) is 11.5. The van der Waals surface area contributed by atoms with Crippen LogP contribution < -0.4 is 16.0 Å². The lowest BCUT2D eigenvalue weighted by atomic mass is 10.1. The van der Waals surface area contributed by atoms with E-state index in [2.05, 4.69) is 25.3 Å². The molecule has 4 amide bonds. The van der Waals surface area contributed by atoms with E-state index in [1.807, 2.05) is 23.6 Å². The lowest BCUT2D eigenvalue weighted by Crippen LogP contribution is -2.30. The molecule has 3 fully saturated rings. The Morgan fingerprint density at radius 2 is 1.93 bits per heavy atom. The smallest absolute Gasteiger partial charge is 0.404 e. The largest absolute Gasteiger partial charge is 0.421 e. The molecule has 2 saturated carbocycles. The standard InChI is InChI=1S/C29H26N10O5/c1-14-5-6-30-23(32-14)18-8-19(18)26(41)35-27-31-9-21-25(34-27)39(29(43)44-21)12-17-11-37-10-16(15-3-4-15)7-20(24(37)33-17)38-13-22(40)36(2)28(38)42/h5-7,9-11,15,18-19H,3-4,8,12-13H2,1-2H3,(H,31,34,35,41)/t18-,19-/m0/s1. The van der Waals surface area contributed by atoms with Crippen LogP contribution in [0, 0.1) is 12.8 Å². The molecule has 5 aromatic heterocycles. The van der Waals surface area contributed by atoms with Gasteiger partial charge in [-0.15, -0.1) is 0 Å². The second-order valence-corrected chi connectivity index (χ2v) is 11.5. The number of aromatic nitrogens is 7. The first-order valence-electron chi connectivity index (χ1n) is 14.3. The van der Waals surface area contributed by atoms with Crippen molar-refractivity contribution in [3.8, 4) is 0 Å². The number of carbonyl (C=O) groups is 3. The van der Waals surface area contributed by atoms with Gasteiger partial charge < -0.3 is 8.82 Å². The maximum absolute atomic E-state index is 12.9. The van der Waals surface area contributed by atoms with Gasteiger partial charge in [0.2, 0.25) is 17.8 Å². The lowest BCUT2D eigenvalue weighted by molar-refractivity contribution is -0.124. The maximum atomic E-state index is 12.9. The SMILES string of the molecule is Cc1ccnc([C@H]2C[C@@H]2C(=O)Nc2ncc3oc(=O)n(Cc4cn5cc(C6CC6)cc(N6CC(=O)N(C)C6=O)c5n4)c3n2)n1. The fourth-order valence-corrected chi connectivity index (χ4v) is 5.70. The van der Waals surface area contributed by atoms with Gasteiger partial charge in [-0.2, -0.15) is 4.98 Å². The van der Waals surface area contributed by atoms with Gasteiger partial charge in [0.25, 0.3) is 0 Å². The van der Waals surface area contributed by atoms with Crippen LogP contribution in [0.15, 0.2) is 46.1 Å². The highest BCUT2D eigenvalue weighted by Crippen LogP contribution is 2.46.